The van der Waals surface area contributed by atoms with Gasteiger partial charge in [0.05, 0.1) is 0 Å². The quantitative estimate of drug-likeness (QED) is 0.492. The number of carbonyl (C=O) groups is 2. The van der Waals surface area contributed by atoms with Crippen LogP contribution in [0.5, 0.6) is 0 Å². The maximum atomic E-state index is 11.8. The van der Waals surface area contributed by atoms with Crippen molar-refractivity contribution in [3.8, 4) is 0 Å². The van der Waals surface area contributed by atoms with Crippen molar-refractivity contribution in [1.82, 2.24) is 0 Å². The lowest BCUT2D eigenvalue weighted by Crippen LogP contribution is -2.45. The zero-order valence-corrected chi connectivity index (χ0v) is 10.9. The first-order valence-corrected chi connectivity index (χ1v) is 4.99. The van der Waals surface area contributed by atoms with E-state index in [1.54, 1.807) is 0 Å². The Morgan fingerprint density at radius 2 is 1.24 bits per heavy atom. The van der Waals surface area contributed by atoms with E-state index >= 15 is 0 Å². The molecule has 122 valence electrons. The van der Waals surface area contributed by atoms with Crippen molar-refractivity contribution in [2.45, 2.75) is 32.3 Å². The van der Waals surface area contributed by atoms with Crippen molar-refractivity contribution in [3.05, 3.63) is 24.3 Å². The van der Waals surface area contributed by atoms with Gasteiger partial charge >= 0.3 is 24.3 Å². The van der Waals surface area contributed by atoms with Crippen LogP contribution in [0.2, 0.25) is 0 Å². The standard InChI is InChI=1S/C7H6F6O2.C4H6O2/c1-3(2)4(14)15-5(6(8,9)10)7(11,12)13;1-3(2)4(5)6/h5H,1H2,2H3;1H2,2H3,(H,5,6). The zero-order valence-electron chi connectivity index (χ0n) is 10.9. The topological polar surface area (TPSA) is 63.6 Å². The molecule has 10 heteroatoms. The van der Waals surface area contributed by atoms with Crippen LogP contribution in [0.15, 0.2) is 24.3 Å². The molecule has 0 rings (SSSR count). The van der Waals surface area contributed by atoms with Gasteiger partial charge in [0.1, 0.15) is 0 Å². The van der Waals surface area contributed by atoms with Gasteiger partial charge < -0.3 is 9.84 Å². The van der Waals surface area contributed by atoms with Crippen molar-refractivity contribution in [3.63, 3.8) is 0 Å². The first-order valence-electron chi connectivity index (χ1n) is 4.99. The maximum Gasteiger partial charge on any atom is 0.434 e. The molecule has 0 saturated heterocycles. The number of hydrogen-bond acceptors (Lipinski definition) is 3. The van der Waals surface area contributed by atoms with Crippen molar-refractivity contribution in [1.29, 1.82) is 0 Å². The SMILES string of the molecule is C=C(C)C(=O)O.C=C(C)C(=O)OC(C(F)(F)F)C(F)(F)F. The van der Waals surface area contributed by atoms with E-state index in [9.17, 15) is 35.9 Å². The van der Waals surface area contributed by atoms with Crippen molar-refractivity contribution < 1.29 is 45.8 Å². The fraction of sp³-hybridized carbons (Fsp3) is 0.455. The lowest BCUT2D eigenvalue weighted by atomic mass is 10.3. The molecule has 0 spiro atoms. The largest absolute Gasteiger partial charge is 0.478 e. The van der Waals surface area contributed by atoms with Gasteiger partial charge in [0.25, 0.3) is 6.10 Å². The number of rotatable bonds is 3. The predicted molar refractivity (Wildman–Crippen MR) is 59.3 cm³/mol. The molecule has 0 saturated carbocycles. The fourth-order valence-electron chi connectivity index (χ4n) is 0.527. The summed E-state index contributed by atoms with van der Waals surface area (Å²) in [5.74, 6) is -2.68. The van der Waals surface area contributed by atoms with Crippen LogP contribution in [-0.2, 0) is 14.3 Å². The monoisotopic (exact) mass is 322 g/mol. The zero-order chi connectivity index (χ0) is 17.6. The molecule has 21 heavy (non-hydrogen) atoms. The Balaban J connectivity index is 0. The Morgan fingerprint density at radius 3 is 1.38 bits per heavy atom. The van der Waals surface area contributed by atoms with Gasteiger partial charge in [0.15, 0.2) is 0 Å². The van der Waals surface area contributed by atoms with Crippen LogP contribution in [0.1, 0.15) is 13.8 Å². The highest BCUT2D eigenvalue weighted by Gasteiger charge is 2.59. The van der Waals surface area contributed by atoms with E-state index in [0.717, 1.165) is 6.92 Å². The molecule has 0 fully saturated rings. The van der Waals surface area contributed by atoms with Gasteiger partial charge in [-0.2, -0.15) is 26.3 Å². The molecule has 4 nitrogen and oxygen atoms in total. The highest BCUT2D eigenvalue weighted by atomic mass is 19.4. The normalized spacial score (nSPS) is 11.3. The summed E-state index contributed by atoms with van der Waals surface area (Å²) in [6.07, 6.45) is -15.5. The van der Waals surface area contributed by atoms with E-state index in [4.69, 9.17) is 5.11 Å². The average Bonchev–Trinajstić information content (AvgIpc) is 2.22. The van der Waals surface area contributed by atoms with Gasteiger partial charge in [0, 0.05) is 11.1 Å². The Morgan fingerprint density at radius 1 is 0.952 bits per heavy atom. The number of carboxylic acid groups (broad SMARTS) is 1. The van der Waals surface area contributed by atoms with Crippen LogP contribution < -0.4 is 0 Å². The molecule has 0 atom stereocenters. The van der Waals surface area contributed by atoms with Crippen LogP contribution in [0, 0.1) is 0 Å². The number of halogens is 6. The minimum Gasteiger partial charge on any atom is -0.478 e. The molecule has 0 aromatic rings. The number of hydrogen-bond donors (Lipinski definition) is 1. The number of carboxylic acids is 1. The number of esters is 1. The van der Waals surface area contributed by atoms with Crippen LogP contribution in [0.25, 0.3) is 0 Å². The predicted octanol–water partition coefficient (Wildman–Crippen LogP) is 3.25. The summed E-state index contributed by atoms with van der Waals surface area (Å²) in [6, 6.07) is 0. The van der Waals surface area contributed by atoms with Crippen LogP contribution in [0.3, 0.4) is 0 Å². The van der Waals surface area contributed by atoms with Crippen molar-refractivity contribution in [2.75, 3.05) is 0 Å². The van der Waals surface area contributed by atoms with Gasteiger partial charge in [0.2, 0.25) is 0 Å². The van der Waals surface area contributed by atoms with Gasteiger partial charge in [-0.25, -0.2) is 9.59 Å². The lowest BCUT2D eigenvalue weighted by molar-refractivity contribution is -0.312. The second-order valence-electron chi connectivity index (χ2n) is 3.73. The summed E-state index contributed by atoms with van der Waals surface area (Å²) in [4.78, 5) is 20.1. The summed E-state index contributed by atoms with van der Waals surface area (Å²) in [5, 5.41) is 7.89. The summed E-state index contributed by atoms with van der Waals surface area (Å²) in [7, 11) is 0. The molecule has 0 bridgehead atoms. The molecule has 0 aliphatic rings. The number of carbonyl (C=O) groups excluding carboxylic acids is 1. The summed E-state index contributed by atoms with van der Waals surface area (Å²) >= 11 is 0. The van der Waals surface area contributed by atoms with Crippen LogP contribution in [-0.4, -0.2) is 35.5 Å². The molecule has 1 N–H and O–H groups in total. The van der Waals surface area contributed by atoms with Crippen LogP contribution >= 0.6 is 0 Å². The highest BCUT2D eigenvalue weighted by Crippen LogP contribution is 2.35. The second-order valence-corrected chi connectivity index (χ2v) is 3.73. The maximum absolute atomic E-state index is 11.8. The average molecular weight is 322 g/mol. The van der Waals surface area contributed by atoms with Gasteiger partial charge in [-0.05, 0) is 13.8 Å². The molecule has 0 amide bonds. The lowest BCUT2D eigenvalue weighted by Gasteiger charge is -2.22. The van der Waals surface area contributed by atoms with Crippen molar-refractivity contribution >= 4 is 11.9 Å². The van der Waals surface area contributed by atoms with Gasteiger partial charge in [-0.3, -0.25) is 0 Å². The summed E-state index contributed by atoms with van der Waals surface area (Å²) < 4.78 is 74.1. The Labute approximate surface area is 115 Å². The Hall–Kier alpha value is -2.00. The van der Waals surface area contributed by atoms with E-state index in [1.165, 1.54) is 6.92 Å². The molecule has 0 radical (unpaired) electrons. The Kier molecular flexibility index (Phi) is 7.81. The van der Waals surface area contributed by atoms with E-state index in [-0.39, 0.29) is 5.57 Å². The Bertz CT molecular complexity index is 395. The van der Waals surface area contributed by atoms with E-state index in [0.29, 0.717) is 0 Å². The molecule has 0 heterocycles. The smallest absolute Gasteiger partial charge is 0.434 e. The summed E-state index contributed by atoms with van der Waals surface area (Å²) in [5.41, 5.74) is -0.372. The molecule has 0 unspecified atom stereocenters. The molecule has 0 aromatic carbocycles. The first kappa shape index (κ1) is 21.3. The fourth-order valence-corrected chi connectivity index (χ4v) is 0.527. The van der Waals surface area contributed by atoms with Gasteiger partial charge in [-0.15, -0.1) is 0 Å². The third-order valence-electron chi connectivity index (χ3n) is 1.53. The molecular weight excluding hydrogens is 310 g/mol. The third kappa shape index (κ3) is 9.52. The third-order valence-corrected chi connectivity index (χ3v) is 1.53. The minimum absolute atomic E-state index is 0.176. The van der Waals surface area contributed by atoms with Crippen molar-refractivity contribution in [2.24, 2.45) is 0 Å². The van der Waals surface area contributed by atoms with Crippen LogP contribution in [0.4, 0.5) is 26.3 Å². The molecular formula is C11H12F6O4. The van der Waals surface area contributed by atoms with Gasteiger partial charge in [-0.1, -0.05) is 13.2 Å². The molecule has 0 aromatic heterocycles. The number of alkyl halides is 6. The summed E-state index contributed by atoms with van der Waals surface area (Å²) in [6.45, 7) is 8.40. The van der Waals surface area contributed by atoms with E-state index in [2.05, 4.69) is 17.9 Å². The first-order chi connectivity index (χ1) is 9.10. The molecule has 0 aliphatic carbocycles. The van der Waals surface area contributed by atoms with E-state index < -0.39 is 36.0 Å². The second kappa shape index (κ2) is 7.70. The van der Waals surface area contributed by atoms with E-state index in [1.807, 2.05) is 0 Å². The molecule has 0 aliphatic heterocycles. The highest BCUT2D eigenvalue weighted by molar-refractivity contribution is 5.87. The number of aliphatic carboxylic acids is 1. The minimum atomic E-state index is -5.69. The number of ether oxygens (including phenoxy) is 1.